The van der Waals surface area contributed by atoms with E-state index in [9.17, 15) is 9.59 Å². The van der Waals surface area contributed by atoms with Gasteiger partial charge in [0.2, 0.25) is 5.91 Å². The number of hydrogen-bond donors (Lipinski definition) is 2. The lowest BCUT2D eigenvalue weighted by molar-refractivity contribution is -0.146. The SMILES string of the molecule is CCC(C)(NC(=O)Cc1ccc(C)c(C)c1)C(=O)O. The van der Waals surface area contributed by atoms with Crippen molar-refractivity contribution in [2.75, 3.05) is 0 Å². The Hall–Kier alpha value is -1.84. The van der Waals surface area contributed by atoms with Crippen molar-refractivity contribution in [3.8, 4) is 0 Å². The van der Waals surface area contributed by atoms with Crippen molar-refractivity contribution in [2.45, 2.75) is 46.1 Å². The Kier molecular flexibility index (Phi) is 4.70. The highest BCUT2D eigenvalue weighted by Gasteiger charge is 2.32. The molecule has 0 aliphatic carbocycles. The fourth-order valence-electron chi connectivity index (χ4n) is 1.74. The molecule has 0 aromatic heterocycles. The first-order chi connectivity index (χ1) is 8.78. The summed E-state index contributed by atoms with van der Waals surface area (Å²) in [6.45, 7) is 7.26. The van der Waals surface area contributed by atoms with Gasteiger partial charge in [0.15, 0.2) is 0 Å². The first-order valence-electron chi connectivity index (χ1n) is 6.39. The number of carbonyl (C=O) groups is 2. The van der Waals surface area contributed by atoms with E-state index < -0.39 is 11.5 Å². The molecule has 19 heavy (non-hydrogen) atoms. The van der Waals surface area contributed by atoms with Gasteiger partial charge < -0.3 is 10.4 Å². The Morgan fingerprint density at radius 1 is 1.26 bits per heavy atom. The van der Waals surface area contributed by atoms with Crippen LogP contribution in [0.1, 0.15) is 37.0 Å². The predicted octanol–water partition coefficient (Wildman–Crippen LogP) is 2.22. The fourth-order valence-corrected chi connectivity index (χ4v) is 1.74. The highest BCUT2D eigenvalue weighted by Crippen LogP contribution is 2.12. The third-order valence-electron chi connectivity index (χ3n) is 3.53. The van der Waals surface area contributed by atoms with Crippen LogP contribution >= 0.6 is 0 Å². The zero-order chi connectivity index (χ0) is 14.6. The minimum Gasteiger partial charge on any atom is -0.480 e. The van der Waals surface area contributed by atoms with E-state index >= 15 is 0 Å². The van der Waals surface area contributed by atoms with E-state index in [4.69, 9.17) is 5.11 Å². The van der Waals surface area contributed by atoms with Crippen molar-refractivity contribution in [1.29, 1.82) is 0 Å². The van der Waals surface area contributed by atoms with Gasteiger partial charge in [0.05, 0.1) is 6.42 Å². The zero-order valence-electron chi connectivity index (χ0n) is 11.9. The Bertz CT molecular complexity index is 496. The number of rotatable bonds is 5. The number of benzene rings is 1. The molecular formula is C15H21NO3. The number of carbonyl (C=O) groups excluding carboxylic acids is 1. The topological polar surface area (TPSA) is 66.4 Å². The van der Waals surface area contributed by atoms with Gasteiger partial charge >= 0.3 is 5.97 Å². The number of hydrogen-bond acceptors (Lipinski definition) is 2. The van der Waals surface area contributed by atoms with Gasteiger partial charge in [0.25, 0.3) is 0 Å². The molecule has 2 N–H and O–H groups in total. The highest BCUT2D eigenvalue weighted by molar-refractivity contribution is 5.87. The molecule has 1 aromatic carbocycles. The van der Waals surface area contributed by atoms with Gasteiger partial charge in [-0.1, -0.05) is 25.1 Å². The highest BCUT2D eigenvalue weighted by atomic mass is 16.4. The maximum atomic E-state index is 11.9. The summed E-state index contributed by atoms with van der Waals surface area (Å²) in [7, 11) is 0. The molecule has 0 aliphatic heterocycles. The number of carboxylic acid groups (broad SMARTS) is 1. The quantitative estimate of drug-likeness (QED) is 0.856. The van der Waals surface area contributed by atoms with E-state index in [1.807, 2.05) is 32.0 Å². The third kappa shape index (κ3) is 3.81. The van der Waals surface area contributed by atoms with Crippen LogP contribution in [0.4, 0.5) is 0 Å². The average Bonchev–Trinajstić information content (AvgIpc) is 2.33. The number of aryl methyl sites for hydroxylation is 2. The molecule has 0 aliphatic rings. The maximum absolute atomic E-state index is 11.9. The first-order valence-corrected chi connectivity index (χ1v) is 6.39. The van der Waals surface area contributed by atoms with Crippen molar-refractivity contribution < 1.29 is 14.7 Å². The molecule has 1 atom stereocenters. The van der Waals surface area contributed by atoms with Crippen molar-refractivity contribution in [2.24, 2.45) is 0 Å². The van der Waals surface area contributed by atoms with Crippen LogP contribution < -0.4 is 5.32 Å². The molecule has 0 bridgehead atoms. The Morgan fingerprint density at radius 3 is 2.37 bits per heavy atom. The summed E-state index contributed by atoms with van der Waals surface area (Å²) in [4.78, 5) is 23.0. The van der Waals surface area contributed by atoms with Gasteiger partial charge in [-0.05, 0) is 43.9 Å². The van der Waals surface area contributed by atoms with Gasteiger partial charge in [0.1, 0.15) is 5.54 Å². The molecule has 0 spiro atoms. The molecule has 1 rings (SSSR count). The van der Waals surface area contributed by atoms with Gasteiger partial charge in [0, 0.05) is 0 Å². The smallest absolute Gasteiger partial charge is 0.329 e. The number of nitrogens with one attached hydrogen (secondary N) is 1. The van der Waals surface area contributed by atoms with Gasteiger partial charge in [-0.2, -0.15) is 0 Å². The second-order valence-electron chi connectivity index (χ2n) is 5.13. The van der Waals surface area contributed by atoms with Crippen molar-refractivity contribution in [1.82, 2.24) is 5.32 Å². The lowest BCUT2D eigenvalue weighted by Crippen LogP contribution is -2.52. The molecule has 1 aromatic rings. The lowest BCUT2D eigenvalue weighted by Gasteiger charge is -2.24. The molecule has 4 heteroatoms. The van der Waals surface area contributed by atoms with Crippen molar-refractivity contribution >= 4 is 11.9 Å². The van der Waals surface area contributed by atoms with E-state index in [1.165, 1.54) is 12.5 Å². The molecule has 0 saturated heterocycles. The fraction of sp³-hybridized carbons (Fsp3) is 0.467. The average molecular weight is 263 g/mol. The maximum Gasteiger partial charge on any atom is 0.329 e. The van der Waals surface area contributed by atoms with E-state index in [1.54, 1.807) is 6.92 Å². The molecule has 104 valence electrons. The summed E-state index contributed by atoms with van der Waals surface area (Å²) < 4.78 is 0. The summed E-state index contributed by atoms with van der Waals surface area (Å²) in [6.07, 6.45) is 0.547. The second-order valence-corrected chi connectivity index (χ2v) is 5.13. The van der Waals surface area contributed by atoms with Crippen LogP contribution in [0.3, 0.4) is 0 Å². The molecule has 0 heterocycles. The summed E-state index contributed by atoms with van der Waals surface area (Å²) in [6, 6.07) is 5.82. The minimum atomic E-state index is -1.20. The first kappa shape index (κ1) is 15.2. The van der Waals surface area contributed by atoms with Crippen LogP contribution in [0, 0.1) is 13.8 Å². The third-order valence-corrected chi connectivity index (χ3v) is 3.53. The Balaban J connectivity index is 2.75. The van der Waals surface area contributed by atoms with Gasteiger partial charge in [-0.3, -0.25) is 4.79 Å². The molecule has 1 unspecified atom stereocenters. The molecule has 1 amide bonds. The summed E-state index contributed by atoms with van der Waals surface area (Å²) in [5.41, 5.74) is 2.00. The summed E-state index contributed by atoms with van der Waals surface area (Å²) in [5, 5.41) is 11.7. The molecule has 4 nitrogen and oxygen atoms in total. The largest absolute Gasteiger partial charge is 0.480 e. The molecular weight excluding hydrogens is 242 g/mol. The number of amides is 1. The zero-order valence-corrected chi connectivity index (χ0v) is 11.9. The molecule has 0 saturated carbocycles. The van der Waals surface area contributed by atoms with E-state index in [0.717, 1.165) is 11.1 Å². The van der Waals surface area contributed by atoms with E-state index in [2.05, 4.69) is 5.32 Å². The van der Waals surface area contributed by atoms with Gasteiger partial charge in [-0.15, -0.1) is 0 Å². The Labute approximate surface area is 113 Å². The van der Waals surface area contributed by atoms with Gasteiger partial charge in [-0.25, -0.2) is 4.79 Å². The normalized spacial score (nSPS) is 13.7. The predicted molar refractivity (Wildman–Crippen MR) is 74.1 cm³/mol. The van der Waals surface area contributed by atoms with Crippen LogP contribution in [0.15, 0.2) is 18.2 Å². The van der Waals surface area contributed by atoms with Crippen LogP contribution in [0.25, 0.3) is 0 Å². The monoisotopic (exact) mass is 263 g/mol. The molecule has 0 radical (unpaired) electrons. The summed E-state index contributed by atoms with van der Waals surface area (Å²) >= 11 is 0. The second kappa shape index (κ2) is 5.87. The lowest BCUT2D eigenvalue weighted by atomic mass is 9.98. The van der Waals surface area contributed by atoms with E-state index in [-0.39, 0.29) is 12.3 Å². The minimum absolute atomic E-state index is 0.198. The standard InChI is InChI=1S/C15H21NO3/c1-5-15(4,14(18)19)16-13(17)9-12-7-6-10(2)11(3)8-12/h6-8H,5,9H2,1-4H3,(H,16,17)(H,18,19). The summed E-state index contributed by atoms with van der Waals surface area (Å²) in [5.74, 6) is -1.28. The van der Waals surface area contributed by atoms with Crippen LogP contribution in [-0.2, 0) is 16.0 Å². The van der Waals surface area contributed by atoms with Crippen LogP contribution in [-0.4, -0.2) is 22.5 Å². The van der Waals surface area contributed by atoms with Crippen LogP contribution in [0.5, 0.6) is 0 Å². The van der Waals surface area contributed by atoms with E-state index in [0.29, 0.717) is 6.42 Å². The molecule has 0 fully saturated rings. The van der Waals surface area contributed by atoms with Crippen molar-refractivity contribution in [3.05, 3.63) is 34.9 Å². The van der Waals surface area contributed by atoms with Crippen molar-refractivity contribution in [3.63, 3.8) is 0 Å². The van der Waals surface area contributed by atoms with Crippen LogP contribution in [0.2, 0.25) is 0 Å². The number of carboxylic acids is 1. The Morgan fingerprint density at radius 2 is 1.89 bits per heavy atom. The number of aliphatic carboxylic acids is 1.